The van der Waals surface area contributed by atoms with Crippen molar-refractivity contribution in [1.29, 1.82) is 0 Å². The second kappa shape index (κ2) is 11.2. The molecule has 2 amide bonds. The molecule has 0 unspecified atom stereocenters. The highest BCUT2D eigenvalue weighted by Gasteiger charge is 2.34. The number of rotatable bonds is 7. The number of amides is 2. The van der Waals surface area contributed by atoms with Gasteiger partial charge in [-0.3, -0.25) is 15.0 Å². The van der Waals surface area contributed by atoms with Crippen LogP contribution in [0.15, 0.2) is 90.0 Å². The molecule has 2 heterocycles. The number of halogens is 1. The van der Waals surface area contributed by atoms with Crippen LogP contribution in [0.4, 0.5) is 0 Å². The molecule has 0 bridgehead atoms. The van der Waals surface area contributed by atoms with Gasteiger partial charge in [-0.05, 0) is 73.7 Å². The molecule has 0 radical (unpaired) electrons. The Balaban J connectivity index is 1.48. The van der Waals surface area contributed by atoms with E-state index in [1.54, 1.807) is 35.0 Å². The number of nitrogens with zero attached hydrogens (tertiary/aromatic N) is 3. The molecule has 1 fully saturated rings. The summed E-state index contributed by atoms with van der Waals surface area (Å²) < 4.78 is 7.54. The largest absolute Gasteiger partial charge is 0.494 e. The van der Waals surface area contributed by atoms with E-state index < -0.39 is 11.8 Å². The number of para-hydroxylation sites is 1. The molecule has 0 spiro atoms. The van der Waals surface area contributed by atoms with E-state index in [2.05, 4.69) is 5.43 Å². The number of carbonyl (C=O) groups is 2. The first kappa shape index (κ1) is 25.7. The standard InChI is InChI=1S/C28H21ClN4O3S2/c1-2-36-21-14-12-18(13-15-21)25-19(17-32(30-25)20-8-4-3-5-9-20)16-24-27(35)33(28(37)38-24)31-26(34)22-10-6-7-11-23(22)29/h3-17H,2H2,1H3,(H,31,34)/b24-16-. The van der Waals surface area contributed by atoms with E-state index >= 15 is 0 Å². The predicted octanol–water partition coefficient (Wildman–Crippen LogP) is 6.14. The van der Waals surface area contributed by atoms with Crippen molar-refractivity contribution in [2.24, 2.45) is 0 Å². The smallest absolute Gasteiger partial charge is 0.285 e. The number of ether oxygens (including phenoxy) is 1. The number of thioether (sulfide) groups is 1. The molecule has 0 saturated carbocycles. The predicted molar refractivity (Wildman–Crippen MR) is 154 cm³/mol. The summed E-state index contributed by atoms with van der Waals surface area (Å²) in [6.07, 6.45) is 3.59. The monoisotopic (exact) mass is 560 g/mol. The summed E-state index contributed by atoms with van der Waals surface area (Å²) in [5.41, 5.74) is 5.95. The molecule has 7 nitrogen and oxygen atoms in total. The molecular weight excluding hydrogens is 540 g/mol. The topological polar surface area (TPSA) is 76.5 Å². The maximum absolute atomic E-state index is 13.3. The second-order valence-corrected chi connectivity index (χ2v) is 10.2. The highest BCUT2D eigenvalue weighted by Crippen LogP contribution is 2.34. The van der Waals surface area contributed by atoms with Crippen molar-refractivity contribution in [3.8, 4) is 22.7 Å². The van der Waals surface area contributed by atoms with Crippen molar-refractivity contribution >= 4 is 57.8 Å². The molecule has 0 aliphatic carbocycles. The van der Waals surface area contributed by atoms with Crippen molar-refractivity contribution in [1.82, 2.24) is 20.2 Å². The molecule has 1 aromatic heterocycles. The summed E-state index contributed by atoms with van der Waals surface area (Å²) >= 11 is 12.6. The lowest BCUT2D eigenvalue weighted by Crippen LogP contribution is -2.44. The van der Waals surface area contributed by atoms with Crippen LogP contribution in [-0.4, -0.2) is 37.5 Å². The van der Waals surface area contributed by atoms with Crippen LogP contribution in [0.5, 0.6) is 5.75 Å². The number of hydrazine groups is 1. The fourth-order valence-corrected chi connectivity index (χ4v) is 5.21. The Hall–Kier alpha value is -3.92. The lowest BCUT2D eigenvalue weighted by atomic mass is 10.1. The van der Waals surface area contributed by atoms with E-state index in [0.717, 1.165) is 39.3 Å². The molecule has 1 aliphatic heterocycles. The van der Waals surface area contributed by atoms with E-state index in [4.69, 9.17) is 33.7 Å². The van der Waals surface area contributed by atoms with Crippen LogP contribution in [0.3, 0.4) is 0 Å². The highest BCUT2D eigenvalue weighted by atomic mass is 35.5. The van der Waals surface area contributed by atoms with Crippen molar-refractivity contribution < 1.29 is 14.3 Å². The molecular formula is C28H21ClN4O3S2. The molecule has 190 valence electrons. The Morgan fingerprint density at radius 1 is 1.08 bits per heavy atom. The van der Waals surface area contributed by atoms with Gasteiger partial charge in [0.25, 0.3) is 11.8 Å². The number of nitrogens with one attached hydrogen (secondary N) is 1. The van der Waals surface area contributed by atoms with Crippen LogP contribution in [-0.2, 0) is 4.79 Å². The van der Waals surface area contributed by atoms with Gasteiger partial charge in [0.15, 0.2) is 4.32 Å². The number of hydrogen-bond donors (Lipinski definition) is 1. The third kappa shape index (κ3) is 5.35. The minimum absolute atomic E-state index is 0.208. The van der Waals surface area contributed by atoms with Crippen LogP contribution < -0.4 is 10.2 Å². The minimum atomic E-state index is -0.528. The summed E-state index contributed by atoms with van der Waals surface area (Å²) in [5.74, 6) is -0.207. The fourth-order valence-electron chi connectivity index (χ4n) is 3.82. The van der Waals surface area contributed by atoms with Gasteiger partial charge in [-0.2, -0.15) is 10.1 Å². The van der Waals surface area contributed by atoms with Gasteiger partial charge in [-0.25, -0.2) is 4.68 Å². The number of hydrogen-bond acceptors (Lipinski definition) is 6. The van der Waals surface area contributed by atoms with Crippen LogP contribution in [0.2, 0.25) is 5.02 Å². The molecule has 4 aromatic rings. The van der Waals surface area contributed by atoms with Crippen LogP contribution in [0.25, 0.3) is 23.0 Å². The van der Waals surface area contributed by atoms with Crippen molar-refractivity contribution in [2.75, 3.05) is 6.61 Å². The van der Waals surface area contributed by atoms with Crippen LogP contribution in [0.1, 0.15) is 22.8 Å². The first-order valence-electron chi connectivity index (χ1n) is 11.7. The minimum Gasteiger partial charge on any atom is -0.494 e. The lowest BCUT2D eigenvalue weighted by molar-refractivity contribution is -0.123. The quantitative estimate of drug-likeness (QED) is 0.216. The molecule has 38 heavy (non-hydrogen) atoms. The Morgan fingerprint density at radius 3 is 2.50 bits per heavy atom. The van der Waals surface area contributed by atoms with E-state index in [9.17, 15) is 9.59 Å². The number of benzene rings is 3. The molecule has 5 rings (SSSR count). The first-order chi connectivity index (χ1) is 18.4. The average Bonchev–Trinajstić information content (AvgIpc) is 3.46. The zero-order valence-corrected chi connectivity index (χ0v) is 22.5. The SMILES string of the molecule is CCOc1ccc(-c2nn(-c3ccccc3)cc2/C=C2\SC(=S)N(NC(=O)c3ccccc3Cl)C2=O)cc1. The van der Waals surface area contributed by atoms with Crippen LogP contribution >= 0.6 is 35.6 Å². The van der Waals surface area contributed by atoms with Crippen LogP contribution in [0, 0.1) is 0 Å². The molecule has 0 atom stereocenters. The zero-order valence-electron chi connectivity index (χ0n) is 20.1. The van der Waals surface area contributed by atoms with Gasteiger partial charge < -0.3 is 4.74 Å². The molecule has 1 saturated heterocycles. The normalized spacial score (nSPS) is 14.3. The number of carbonyl (C=O) groups excluding carboxylic acids is 2. The van der Waals surface area contributed by atoms with Gasteiger partial charge >= 0.3 is 0 Å². The summed E-state index contributed by atoms with van der Waals surface area (Å²) in [7, 11) is 0. The number of aromatic nitrogens is 2. The zero-order chi connectivity index (χ0) is 26.6. The number of thiocarbonyl (C=S) groups is 1. The van der Waals surface area contributed by atoms with E-state index in [1.807, 2.05) is 67.7 Å². The van der Waals surface area contributed by atoms with E-state index in [-0.39, 0.29) is 14.9 Å². The average molecular weight is 561 g/mol. The Kier molecular flexibility index (Phi) is 7.59. The summed E-state index contributed by atoms with van der Waals surface area (Å²) in [4.78, 5) is 26.4. The Labute approximate surface area is 234 Å². The molecule has 10 heteroatoms. The van der Waals surface area contributed by atoms with E-state index in [0.29, 0.717) is 17.2 Å². The lowest BCUT2D eigenvalue weighted by Gasteiger charge is -2.16. The van der Waals surface area contributed by atoms with Crippen molar-refractivity contribution in [2.45, 2.75) is 6.92 Å². The maximum Gasteiger partial charge on any atom is 0.285 e. The fraction of sp³-hybridized carbons (Fsp3) is 0.0714. The Morgan fingerprint density at radius 2 is 1.79 bits per heavy atom. The second-order valence-electron chi connectivity index (χ2n) is 8.11. The first-order valence-corrected chi connectivity index (χ1v) is 13.3. The van der Waals surface area contributed by atoms with Gasteiger partial charge in [-0.1, -0.05) is 53.7 Å². The third-order valence-electron chi connectivity index (χ3n) is 5.61. The van der Waals surface area contributed by atoms with Crippen molar-refractivity contribution in [3.05, 3.63) is 106 Å². The van der Waals surface area contributed by atoms with Gasteiger partial charge in [0.2, 0.25) is 0 Å². The van der Waals surface area contributed by atoms with Gasteiger partial charge in [0, 0.05) is 17.3 Å². The van der Waals surface area contributed by atoms with Gasteiger partial charge in [0.05, 0.1) is 33.5 Å². The third-order valence-corrected chi connectivity index (χ3v) is 7.25. The summed E-state index contributed by atoms with van der Waals surface area (Å²) in [6, 6.07) is 23.9. The maximum atomic E-state index is 13.3. The summed E-state index contributed by atoms with van der Waals surface area (Å²) in [5, 5.41) is 6.15. The van der Waals surface area contributed by atoms with Crippen molar-refractivity contribution in [3.63, 3.8) is 0 Å². The highest BCUT2D eigenvalue weighted by molar-refractivity contribution is 8.26. The van der Waals surface area contributed by atoms with Gasteiger partial charge in [0.1, 0.15) is 5.75 Å². The molecule has 1 N–H and O–H groups in total. The molecule has 3 aromatic carbocycles. The summed E-state index contributed by atoms with van der Waals surface area (Å²) in [6.45, 7) is 2.50. The molecule has 1 aliphatic rings. The van der Waals surface area contributed by atoms with E-state index in [1.165, 1.54) is 0 Å². The Bertz CT molecular complexity index is 1550. The van der Waals surface area contributed by atoms with Gasteiger partial charge in [-0.15, -0.1) is 0 Å².